The van der Waals surface area contributed by atoms with Crippen molar-refractivity contribution in [1.29, 1.82) is 0 Å². The summed E-state index contributed by atoms with van der Waals surface area (Å²) in [7, 11) is 0. The van der Waals surface area contributed by atoms with Gasteiger partial charge in [-0.25, -0.2) is 9.97 Å². The van der Waals surface area contributed by atoms with E-state index in [1.165, 1.54) is 31.3 Å². The summed E-state index contributed by atoms with van der Waals surface area (Å²) in [5, 5.41) is 2.39. The minimum atomic E-state index is -2.85. The molecule has 1 N–H and O–H groups in total. The summed E-state index contributed by atoms with van der Waals surface area (Å²) in [5.41, 5.74) is 0.539. The number of fused-ring (bicyclic) bond motifs is 1. The van der Waals surface area contributed by atoms with Crippen molar-refractivity contribution in [2.24, 2.45) is 0 Å². The first kappa shape index (κ1) is 19.2. The van der Waals surface area contributed by atoms with Crippen molar-refractivity contribution in [3.05, 3.63) is 54.0 Å². The van der Waals surface area contributed by atoms with Crippen molar-refractivity contribution in [2.45, 2.75) is 30.3 Å². The van der Waals surface area contributed by atoms with Gasteiger partial charge in [-0.15, -0.1) is 0 Å². The number of imidazole rings is 1. The number of rotatable bonds is 6. The molecule has 142 valence electrons. The van der Waals surface area contributed by atoms with Gasteiger partial charge in [0, 0.05) is 6.20 Å². The smallest absolute Gasteiger partial charge is 0.320 e. The van der Waals surface area contributed by atoms with Gasteiger partial charge in [0.25, 0.3) is 11.7 Å². The predicted octanol–water partition coefficient (Wildman–Crippen LogP) is 4.63. The van der Waals surface area contributed by atoms with Crippen LogP contribution in [-0.2, 0) is 0 Å². The van der Waals surface area contributed by atoms with E-state index in [1.54, 1.807) is 18.2 Å². The lowest BCUT2D eigenvalue weighted by Gasteiger charge is -2.16. The summed E-state index contributed by atoms with van der Waals surface area (Å²) < 4.78 is 53.1. The number of pyridine rings is 1. The van der Waals surface area contributed by atoms with Crippen LogP contribution >= 0.6 is 11.8 Å². The largest absolute Gasteiger partial charge is 0.342 e. The summed E-state index contributed by atoms with van der Waals surface area (Å²) in [5.74, 6) is -3.48. The molecule has 0 saturated carbocycles. The number of benzene rings is 1. The molecule has 1 atom stereocenters. The maximum absolute atomic E-state index is 13.5. The average molecular weight is 398 g/mol. The Morgan fingerprint density at radius 1 is 1.15 bits per heavy atom. The molecule has 0 spiro atoms. The first-order valence-electron chi connectivity index (χ1n) is 7.84. The van der Waals surface area contributed by atoms with Crippen LogP contribution in [0.1, 0.15) is 35.7 Å². The molecule has 27 heavy (non-hydrogen) atoms. The molecule has 3 rings (SSSR count). The van der Waals surface area contributed by atoms with Gasteiger partial charge < -0.3 is 5.32 Å². The van der Waals surface area contributed by atoms with E-state index in [2.05, 4.69) is 15.3 Å². The highest BCUT2D eigenvalue weighted by Gasteiger charge is 2.24. The molecule has 10 heteroatoms. The molecule has 2 heterocycles. The number of amides is 1. The van der Waals surface area contributed by atoms with Gasteiger partial charge in [-0.2, -0.15) is 17.6 Å². The third-order valence-electron chi connectivity index (χ3n) is 3.77. The number of nitrogens with zero attached hydrogens (tertiary/aromatic N) is 3. The molecule has 0 aliphatic carbocycles. The Morgan fingerprint density at radius 3 is 2.59 bits per heavy atom. The zero-order valence-corrected chi connectivity index (χ0v) is 14.8. The molecule has 0 saturated heterocycles. The van der Waals surface area contributed by atoms with Crippen molar-refractivity contribution in [2.75, 3.05) is 0 Å². The minimum absolute atomic E-state index is 0.0356. The minimum Gasteiger partial charge on any atom is -0.342 e. The van der Waals surface area contributed by atoms with E-state index < -0.39 is 24.3 Å². The van der Waals surface area contributed by atoms with E-state index >= 15 is 0 Å². The monoisotopic (exact) mass is 398 g/mol. The maximum atomic E-state index is 13.5. The van der Waals surface area contributed by atoms with Gasteiger partial charge >= 0.3 is 6.55 Å². The van der Waals surface area contributed by atoms with E-state index in [0.717, 1.165) is 4.57 Å². The highest BCUT2D eigenvalue weighted by Crippen LogP contribution is 2.28. The van der Waals surface area contributed by atoms with Crippen LogP contribution in [-0.4, -0.2) is 26.2 Å². The lowest BCUT2D eigenvalue weighted by molar-refractivity contribution is 0.0687. The number of carbonyl (C=O) groups is 1. The number of hydrogen-bond acceptors (Lipinski definition) is 4. The van der Waals surface area contributed by atoms with Crippen molar-refractivity contribution in [1.82, 2.24) is 19.9 Å². The maximum Gasteiger partial charge on any atom is 0.320 e. The molecule has 2 aromatic heterocycles. The Balaban J connectivity index is 1.90. The summed E-state index contributed by atoms with van der Waals surface area (Å²) in [6, 6.07) is 8.26. The summed E-state index contributed by atoms with van der Waals surface area (Å²) >= 11 is 0.142. The molecule has 0 aliphatic heterocycles. The summed E-state index contributed by atoms with van der Waals surface area (Å²) in [6.45, 7) is -1.36. The standard InChI is InChI=1S/C17H14F4N4OS/c1-9(13-24-11-6-2-3-7-12(11)25(13)16(18)19)23-14(26)10-5-4-8-22-15(10)27-17(20)21/h2-9,16-17H,1H3,(H,23,26)/t9-/m1/s1. The van der Waals surface area contributed by atoms with Crippen LogP contribution in [0.3, 0.4) is 0 Å². The molecule has 5 nitrogen and oxygen atoms in total. The number of thioether (sulfide) groups is 1. The average Bonchev–Trinajstić information content (AvgIpc) is 3.01. The number of nitrogens with one attached hydrogen (secondary N) is 1. The zero-order chi connectivity index (χ0) is 19.6. The topological polar surface area (TPSA) is 59.8 Å². The molecular weight excluding hydrogens is 384 g/mol. The Morgan fingerprint density at radius 2 is 1.89 bits per heavy atom. The fraction of sp³-hybridized carbons (Fsp3) is 0.235. The quantitative estimate of drug-likeness (QED) is 0.486. The van der Waals surface area contributed by atoms with Crippen LogP contribution in [0.15, 0.2) is 47.6 Å². The number of halogens is 4. The Labute approximate surface area is 155 Å². The highest BCUT2D eigenvalue weighted by atomic mass is 32.2. The Bertz CT molecular complexity index is 963. The van der Waals surface area contributed by atoms with Crippen molar-refractivity contribution < 1.29 is 22.4 Å². The van der Waals surface area contributed by atoms with Gasteiger partial charge in [0.1, 0.15) is 10.9 Å². The molecule has 0 fully saturated rings. The molecule has 0 radical (unpaired) electrons. The van der Waals surface area contributed by atoms with Crippen LogP contribution in [0, 0.1) is 0 Å². The fourth-order valence-corrected chi connectivity index (χ4v) is 3.23. The van der Waals surface area contributed by atoms with Crippen molar-refractivity contribution >= 4 is 28.7 Å². The molecular formula is C17H14F4N4OS. The molecule has 0 aliphatic rings. The molecule has 0 unspecified atom stereocenters. The lowest BCUT2D eigenvalue weighted by atomic mass is 10.2. The lowest BCUT2D eigenvalue weighted by Crippen LogP contribution is -2.29. The third kappa shape index (κ3) is 4.05. The third-order valence-corrected chi connectivity index (χ3v) is 4.50. The van der Waals surface area contributed by atoms with Gasteiger partial charge in [-0.1, -0.05) is 12.1 Å². The molecule has 3 aromatic rings. The fourth-order valence-electron chi connectivity index (χ4n) is 2.65. The molecule has 0 bridgehead atoms. The van der Waals surface area contributed by atoms with Gasteiger partial charge in [-0.05, 0) is 43.0 Å². The van der Waals surface area contributed by atoms with Gasteiger partial charge in [-0.3, -0.25) is 9.36 Å². The summed E-state index contributed by atoms with van der Waals surface area (Å²) in [4.78, 5) is 20.5. The zero-order valence-electron chi connectivity index (χ0n) is 13.9. The number of hydrogen-bond donors (Lipinski definition) is 1. The normalized spacial score (nSPS) is 12.7. The van der Waals surface area contributed by atoms with E-state index in [0.29, 0.717) is 5.52 Å². The second kappa shape index (κ2) is 7.95. The number of para-hydroxylation sites is 2. The van der Waals surface area contributed by atoms with Crippen molar-refractivity contribution in [3.8, 4) is 0 Å². The van der Waals surface area contributed by atoms with E-state index in [4.69, 9.17) is 0 Å². The van der Waals surface area contributed by atoms with E-state index in [9.17, 15) is 22.4 Å². The van der Waals surface area contributed by atoms with E-state index in [-0.39, 0.29) is 33.7 Å². The van der Waals surface area contributed by atoms with Crippen LogP contribution in [0.4, 0.5) is 17.6 Å². The van der Waals surface area contributed by atoms with Gasteiger partial charge in [0.05, 0.1) is 22.6 Å². The second-order valence-corrected chi connectivity index (χ2v) is 6.51. The summed E-state index contributed by atoms with van der Waals surface area (Å²) in [6.07, 6.45) is 1.29. The molecule has 1 amide bonds. The van der Waals surface area contributed by atoms with Crippen LogP contribution in [0.2, 0.25) is 0 Å². The Hall–Kier alpha value is -2.62. The van der Waals surface area contributed by atoms with Crippen LogP contribution in [0.25, 0.3) is 11.0 Å². The predicted molar refractivity (Wildman–Crippen MR) is 93.0 cm³/mol. The Kier molecular flexibility index (Phi) is 5.64. The number of alkyl halides is 4. The highest BCUT2D eigenvalue weighted by molar-refractivity contribution is 7.99. The van der Waals surface area contributed by atoms with Crippen molar-refractivity contribution in [3.63, 3.8) is 0 Å². The van der Waals surface area contributed by atoms with Gasteiger partial charge in [0.15, 0.2) is 0 Å². The SMILES string of the molecule is C[C@@H](NC(=O)c1cccnc1SC(F)F)c1nc2ccccc2n1C(F)F. The van der Waals surface area contributed by atoms with Crippen LogP contribution < -0.4 is 5.32 Å². The molecule has 1 aromatic carbocycles. The van der Waals surface area contributed by atoms with Gasteiger partial charge in [0.2, 0.25) is 0 Å². The number of carbonyl (C=O) groups excluding carboxylic acids is 1. The van der Waals surface area contributed by atoms with E-state index in [1.807, 2.05) is 0 Å². The first-order valence-corrected chi connectivity index (χ1v) is 8.72. The van der Waals surface area contributed by atoms with Crippen LogP contribution in [0.5, 0.6) is 0 Å². The first-order chi connectivity index (χ1) is 12.9. The second-order valence-electron chi connectivity index (χ2n) is 5.54. The number of aromatic nitrogens is 3.